The van der Waals surface area contributed by atoms with Gasteiger partial charge < -0.3 is 4.79 Å². The third kappa shape index (κ3) is 4.54. The average Bonchev–Trinajstić information content (AvgIpc) is 2.58. The molecule has 1 aromatic carbocycles. The van der Waals surface area contributed by atoms with Gasteiger partial charge in [0.25, 0.3) is 0 Å². The Labute approximate surface area is 141 Å². The zero-order chi connectivity index (χ0) is 16.7. The number of aldehydes is 1. The number of fused-ring (bicyclic) bond motifs is 1. The van der Waals surface area contributed by atoms with Crippen LogP contribution in [0.4, 0.5) is 0 Å². The summed E-state index contributed by atoms with van der Waals surface area (Å²) in [4.78, 5) is 13.2. The fraction of sp³-hybridized carbons (Fsp3) is 0.571. The van der Waals surface area contributed by atoms with Gasteiger partial charge in [-0.2, -0.15) is 0 Å². The van der Waals surface area contributed by atoms with Crippen LogP contribution in [0.25, 0.3) is 5.57 Å². The van der Waals surface area contributed by atoms with Crippen molar-refractivity contribution in [2.75, 3.05) is 6.54 Å². The number of carbonyl (C=O) groups is 1. The van der Waals surface area contributed by atoms with Crippen LogP contribution in [0.5, 0.6) is 0 Å². The summed E-state index contributed by atoms with van der Waals surface area (Å²) >= 11 is 0. The lowest BCUT2D eigenvalue weighted by molar-refractivity contribution is -0.108. The number of rotatable bonds is 8. The highest BCUT2D eigenvalue weighted by Crippen LogP contribution is 2.31. The van der Waals surface area contributed by atoms with Crippen molar-refractivity contribution >= 4 is 11.9 Å². The van der Waals surface area contributed by atoms with E-state index in [9.17, 15) is 4.79 Å². The maximum Gasteiger partial charge on any atom is 0.120 e. The molecule has 23 heavy (non-hydrogen) atoms. The summed E-state index contributed by atoms with van der Waals surface area (Å²) in [5, 5.41) is 0. The third-order valence-electron chi connectivity index (χ3n) is 4.94. The molecule has 0 aliphatic carbocycles. The molecule has 0 fully saturated rings. The molecule has 0 saturated heterocycles. The van der Waals surface area contributed by atoms with Crippen molar-refractivity contribution in [1.29, 1.82) is 0 Å². The van der Waals surface area contributed by atoms with Gasteiger partial charge in [-0.1, -0.05) is 44.5 Å². The number of benzene rings is 1. The molecule has 0 N–H and O–H groups in total. The number of hydrogen-bond donors (Lipinski definition) is 0. The Hall–Kier alpha value is -1.41. The number of allylic oxidation sites excluding steroid dienone is 2. The molecule has 0 radical (unpaired) electrons. The predicted molar refractivity (Wildman–Crippen MR) is 98.5 cm³/mol. The predicted octanol–water partition coefficient (Wildman–Crippen LogP) is 5.01. The molecule has 126 valence electrons. The van der Waals surface area contributed by atoms with Gasteiger partial charge in [0.15, 0.2) is 0 Å². The molecule has 1 aliphatic rings. The van der Waals surface area contributed by atoms with E-state index in [-0.39, 0.29) is 0 Å². The van der Waals surface area contributed by atoms with Crippen molar-refractivity contribution in [1.82, 2.24) is 4.90 Å². The molecule has 0 bridgehead atoms. The SMILES string of the molecule is CC/C=C(\CCC)c1cccc2c1CN(C(C)CCC=O)CC2. The Kier molecular flexibility index (Phi) is 7.04. The van der Waals surface area contributed by atoms with E-state index < -0.39 is 0 Å². The molecule has 1 atom stereocenters. The van der Waals surface area contributed by atoms with Gasteiger partial charge in [0.1, 0.15) is 6.29 Å². The van der Waals surface area contributed by atoms with Crippen molar-refractivity contribution in [2.45, 2.75) is 71.9 Å². The Morgan fingerprint density at radius 1 is 1.35 bits per heavy atom. The van der Waals surface area contributed by atoms with Crippen molar-refractivity contribution in [3.63, 3.8) is 0 Å². The van der Waals surface area contributed by atoms with Gasteiger partial charge in [-0.05, 0) is 54.9 Å². The quantitative estimate of drug-likeness (QED) is 0.629. The third-order valence-corrected chi connectivity index (χ3v) is 4.94. The van der Waals surface area contributed by atoms with Gasteiger partial charge in [-0.15, -0.1) is 0 Å². The minimum Gasteiger partial charge on any atom is -0.303 e. The van der Waals surface area contributed by atoms with Crippen molar-refractivity contribution in [2.24, 2.45) is 0 Å². The molecule has 2 heteroatoms. The number of nitrogens with zero attached hydrogens (tertiary/aromatic N) is 1. The van der Waals surface area contributed by atoms with E-state index in [0.717, 1.165) is 45.1 Å². The molecule has 2 nitrogen and oxygen atoms in total. The fourth-order valence-corrected chi connectivity index (χ4v) is 3.63. The molecule has 2 rings (SSSR count). The van der Waals surface area contributed by atoms with E-state index in [1.807, 2.05) is 0 Å². The van der Waals surface area contributed by atoms with E-state index in [2.05, 4.69) is 49.9 Å². The summed E-state index contributed by atoms with van der Waals surface area (Å²) in [6.45, 7) is 8.87. The molecule has 1 heterocycles. The second kappa shape index (κ2) is 9.02. The minimum absolute atomic E-state index is 0.478. The van der Waals surface area contributed by atoms with Gasteiger partial charge in [0.05, 0.1) is 0 Å². The second-order valence-corrected chi connectivity index (χ2v) is 6.64. The lowest BCUT2D eigenvalue weighted by atomic mass is 9.88. The first-order chi connectivity index (χ1) is 11.2. The van der Waals surface area contributed by atoms with Crippen LogP contribution < -0.4 is 0 Å². The van der Waals surface area contributed by atoms with Crippen LogP contribution >= 0.6 is 0 Å². The van der Waals surface area contributed by atoms with Gasteiger partial charge in [0.2, 0.25) is 0 Å². The van der Waals surface area contributed by atoms with E-state index in [4.69, 9.17) is 0 Å². The molecular formula is C21H31NO. The summed E-state index contributed by atoms with van der Waals surface area (Å²) in [7, 11) is 0. The minimum atomic E-state index is 0.478. The highest BCUT2D eigenvalue weighted by Gasteiger charge is 2.23. The Balaban J connectivity index is 2.26. The maximum absolute atomic E-state index is 10.7. The van der Waals surface area contributed by atoms with Gasteiger partial charge in [-0.25, -0.2) is 0 Å². The summed E-state index contributed by atoms with van der Waals surface area (Å²) in [6.07, 6.45) is 9.65. The summed E-state index contributed by atoms with van der Waals surface area (Å²) in [6, 6.07) is 7.29. The van der Waals surface area contributed by atoms with Crippen molar-refractivity contribution < 1.29 is 4.79 Å². The highest BCUT2D eigenvalue weighted by atomic mass is 16.1. The maximum atomic E-state index is 10.7. The largest absolute Gasteiger partial charge is 0.303 e. The van der Waals surface area contributed by atoms with Crippen molar-refractivity contribution in [3.05, 3.63) is 41.0 Å². The number of carbonyl (C=O) groups excluding carboxylic acids is 1. The normalized spacial score (nSPS) is 16.9. The fourth-order valence-electron chi connectivity index (χ4n) is 3.63. The molecule has 1 unspecified atom stereocenters. The van der Waals surface area contributed by atoms with Crippen LogP contribution in [-0.2, 0) is 17.8 Å². The molecule has 0 spiro atoms. The number of hydrogen-bond acceptors (Lipinski definition) is 2. The first kappa shape index (κ1) is 17.9. The Bertz CT molecular complexity index is 547. The van der Waals surface area contributed by atoms with Crippen LogP contribution in [-0.4, -0.2) is 23.8 Å². The molecule has 0 saturated carbocycles. The summed E-state index contributed by atoms with van der Waals surface area (Å²) in [5.74, 6) is 0. The summed E-state index contributed by atoms with van der Waals surface area (Å²) < 4.78 is 0. The molecule has 0 aromatic heterocycles. The first-order valence-electron chi connectivity index (χ1n) is 9.19. The topological polar surface area (TPSA) is 20.3 Å². The van der Waals surface area contributed by atoms with Crippen LogP contribution in [0.1, 0.15) is 69.6 Å². The Morgan fingerprint density at radius 2 is 2.17 bits per heavy atom. The monoisotopic (exact) mass is 313 g/mol. The highest BCUT2D eigenvalue weighted by molar-refractivity contribution is 5.69. The lowest BCUT2D eigenvalue weighted by Crippen LogP contribution is -2.38. The smallest absolute Gasteiger partial charge is 0.120 e. The van der Waals surface area contributed by atoms with Crippen LogP contribution in [0, 0.1) is 0 Å². The van der Waals surface area contributed by atoms with E-state index >= 15 is 0 Å². The van der Waals surface area contributed by atoms with Gasteiger partial charge in [0, 0.05) is 25.6 Å². The molecule has 1 aliphatic heterocycles. The van der Waals surface area contributed by atoms with Crippen LogP contribution in [0.2, 0.25) is 0 Å². The van der Waals surface area contributed by atoms with Gasteiger partial charge in [-0.3, -0.25) is 4.90 Å². The van der Waals surface area contributed by atoms with Gasteiger partial charge >= 0.3 is 0 Å². The molecule has 0 amide bonds. The average molecular weight is 313 g/mol. The van der Waals surface area contributed by atoms with Crippen molar-refractivity contribution in [3.8, 4) is 0 Å². The van der Waals surface area contributed by atoms with Crippen LogP contribution in [0.3, 0.4) is 0 Å². The van der Waals surface area contributed by atoms with E-state index in [0.29, 0.717) is 12.5 Å². The zero-order valence-corrected chi connectivity index (χ0v) is 15.0. The Morgan fingerprint density at radius 3 is 2.87 bits per heavy atom. The van der Waals surface area contributed by atoms with E-state index in [1.165, 1.54) is 28.7 Å². The zero-order valence-electron chi connectivity index (χ0n) is 15.0. The standard InChI is InChI=1S/C21H31NO/c1-4-8-18(9-5-2)20-12-6-11-19-13-14-22(16-21(19)20)17(3)10-7-15-23/h6,8,11-12,15,17H,4-5,7,9-10,13-14,16H2,1-3H3/b18-8+. The second-order valence-electron chi connectivity index (χ2n) is 6.64. The van der Waals surface area contributed by atoms with E-state index in [1.54, 1.807) is 0 Å². The van der Waals surface area contributed by atoms with Crippen LogP contribution in [0.15, 0.2) is 24.3 Å². The lowest BCUT2D eigenvalue weighted by Gasteiger charge is -2.35. The molecule has 1 aromatic rings. The molecular weight excluding hydrogens is 282 g/mol. The summed E-state index contributed by atoms with van der Waals surface area (Å²) in [5.41, 5.74) is 6.00. The first-order valence-corrected chi connectivity index (χ1v) is 9.19.